The summed E-state index contributed by atoms with van der Waals surface area (Å²) in [5.74, 6) is 1.44. The van der Waals surface area contributed by atoms with Crippen molar-refractivity contribution in [2.75, 3.05) is 11.3 Å². The van der Waals surface area contributed by atoms with E-state index in [0.29, 0.717) is 45.9 Å². The maximum Gasteiger partial charge on any atom is 0.277 e. The molecule has 42 heavy (non-hydrogen) atoms. The predicted molar refractivity (Wildman–Crippen MR) is 165 cm³/mol. The number of aliphatic hydroxyl groups excluding tert-OH is 1. The molecule has 226 valence electrons. The van der Waals surface area contributed by atoms with Crippen LogP contribution in [0.2, 0.25) is 0 Å². The van der Waals surface area contributed by atoms with Gasteiger partial charge in [0.1, 0.15) is 11.6 Å². The number of imidazole rings is 1. The highest BCUT2D eigenvalue weighted by molar-refractivity contribution is 7.92. The van der Waals surface area contributed by atoms with Crippen LogP contribution in [0.4, 0.5) is 5.69 Å². The molecule has 2 aromatic heterocycles. The van der Waals surface area contributed by atoms with E-state index in [1.54, 1.807) is 42.6 Å². The average molecular weight is 596 g/mol. The van der Waals surface area contributed by atoms with Crippen LogP contribution >= 0.6 is 0 Å². The second kappa shape index (κ2) is 13.5. The van der Waals surface area contributed by atoms with Crippen molar-refractivity contribution in [1.29, 1.82) is 0 Å². The molecular formula is C31H41N5O5S. The Kier molecular flexibility index (Phi) is 10.1. The molecule has 0 spiro atoms. The molecule has 4 rings (SSSR count). The lowest BCUT2D eigenvalue weighted by Crippen LogP contribution is -2.17. The number of nitrogens with zero attached hydrogens (tertiary/aromatic N) is 3. The Morgan fingerprint density at radius 3 is 2.55 bits per heavy atom. The minimum Gasteiger partial charge on any atom is -0.493 e. The van der Waals surface area contributed by atoms with Gasteiger partial charge in [0, 0.05) is 5.92 Å². The third-order valence-electron chi connectivity index (χ3n) is 7.51. The van der Waals surface area contributed by atoms with Gasteiger partial charge in [0.15, 0.2) is 11.3 Å². The summed E-state index contributed by atoms with van der Waals surface area (Å²) in [6, 6.07) is 9.56. The molecule has 4 aromatic rings. The van der Waals surface area contributed by atoms with Crippen molar-refractivity contribution >= 4 is 21.2 Å². The number of benzene rings is 2. The molecule has 2 heterocycles. The molecule has 11 heteroatoms. The van der Waals surface area contributed by atoms with Gasteiger partial charge in [-0.15, -0.1) is 5.10 Å². The summed E-state index contributed by atoms with van der Waals surface area (Å²) in [6.45, 7) is 9.83. The lowest BCUT2D eigenvalue weighted by atomic mass is 9.97. The SMILES string of the molecule is CCCCCCC(CC)c1nc(C)c2c(=O)[nH]c(-c3cc(S(=O)(=O)Nc4cc(CO)ccc4C)ccc3OCC)nn12. The van der Waals surface area contributed by atoms with Crippen LogP contribution in [0.15, 0.2) is 46.1 Å². The number of sulfonamides is 1. The topological polar surface area (TPSA) is 139 Å². The van der Waals surface area contributed by atoms with E-state index in [4.69, 9.17) is 14.8 Å². The number of anilines is 1. The molecule has 0 aliphatic heterocycles. The molecule has 0 aliphatic carbocycles. The molecule has 0 fully saturated rings. The zero-order valence-corrected chi connectivity index (χ0v) is 25.8. The number of aromatic amines is 1. The first-order valence-electron chi connectivity index (χ1n) is 14.6. The van der Waals surface area contributed by atoms with Crippen LogP contribution in [0.1, 0.15) is 87.9 Å². The van der Waals surface area contributed by atoms with Crippen molar-refractivity contribution in [2.45, 2.75) is 90.6 Å². The number of fused-ring (bicyclic) bond motifs is 1. The van der Waals surface area contributed by atoms with Crippen molar-refractivity contribution in [2.24, 2.45) is 0 Å². The van der Waals surface area contributed by atoms with Gasteiger partial charge < -0.3 is 14.8 Å². The normalized spacial score (nSPS) is 12.5. The fourth-order valence-corrected chi connectivity index (χ4v) is 6.28. The molecule has 1 atom stereocenters. The lowest BCUT2D eigenvalue weighted by Gasteiger charge is -2.16. The van der Waals surface area contributed by atoms with Gasteiger partial charge in [-0.2, -0.15) is 0 Å². The Morgan fingerprint density at radius 1 is 1.07 bits per heavy atom. The molecule has 3 N–H and O–H groups in total. The van der Waals surface area contributed by atoms with Gasteiger partial charge in [0.05, 0.1) is 35.1 Å². The number of unbranched alkanes of at least 4 members (excludes halogenated alkanes) is 3. The third kappa shape index (κ3) is 6.68. The second-order valence-corrected chi connectivity index (χ2v) is 12.3. The van der Waals surface area contributed by atoms with E-state index in [0.717, 1.165) is 37.9 Å². The summed E-state index contributed by atoms with van der Waals surface area (Å²) in [5, 5.41) is 14.3. The molecule has 0 saturated heterocycles. The number of nitrogens with one attached hydrogen (secondary N) is 2. The number of rotatable bonds is 14. The van der Waals surface area contributed by atoms with Crippen molar-refractivity contribution in [3.8, 4) is 17.1 Å². The Labute approximate surface area is 247 Å². The van der Waals surface area contributed by atoms with Crippen molar-refractivity contribution in [3.05, 3.63) is 69.4 Å². The average Bonchev–Trinajstić information content (AvgIpc) is 3.30. The summed E-state index contributed by atoms with van der Waals surface area (Å²) in [4.78, 5) is 20.9. The monoisotopic (exact) mass is 595 g/mol. The predicted octanol–water partition coefficient (Wildman–Crippen LogP) is 5.86. The van der Waals surface area contributed by atoms with E-state index in [2.05, 4.69) is 23.6 Å². The smallest absolute Gasteiger partial charge is 0.277 e. The second-order valence-electron chi connectivity index (χ2n) is 10.6. The largest absolute Gasteiger partial charge is 0.493 e. The molecule has 2 aromatic carbocycles. The van der Waals surface area contributed by atoms with Crippen molar-refractivity contribution < 1.29 is 18.3 Å². The maximum atomic E-state index is 13.5. The molecule has 0 saturated carbocycles. The van der Waals surface area contributed by atoms with E-state index < -0.39 is 10.0 Å². The first kappa shape index (κ1) is 31.2. The summed E-state index contributed by atoms with van der Waals surface area (Å²) in [6.07, 6.45) is 6.35. The maximum absolute atomic E-state index is 13.5. The molecule has 0 aliphatic rings. The van der Waals surface area contributed by atoms with Gasteiger partial charge in [-0.25, -0.2) is 17.9 Å². The van der Waals surface area contributed by atoms with Crippen LogP contribution in [0.25, 0.3) is 16.9 Å². The number of aromatic nitrogens is 4. The van der Waals surface area contributed by atoms with Crippen molar-refractivity contribution in [1.82, 2.24) is 19.6 Å². The highest BCUT2D eigenvalue weighted by Gasteiger charge is 2.24. The van der Waals surface area contributed by atoms with Gasteiger partial charge in [0.25, 0.3) is 15.6 Å². The van der Waals surface area contributed by atoms with Gasteiger partial charge in [-0.05, 0) is 69.0 Å². The van der Waals surface area contributed by atoms with E-state index in [9.17, 15) is 18.3 Å². The number of aliphatic hydroxyl groups is 1. The van der Waals surface area contributed by atoms with Crippen molar-refractivity contribution in [3.63, 3.8) is 0 Å². The number of hydrogen-bond donors (Lipinski definition) is 3. The molecule has 10 nitrogen and oxygen atoms in total. The van der Waals surface area contributed by atoms with Gasteiger partial charge in [-0.3, -0.25) is 9.52 Å². The van der Waals surface area contributed by atoms with Crippen LogP contribution in [0.3, 0.4) is 0 Å². The fraction of sp³-hybridized carbons (Fsp3) is 0.452. The van der Waals surface area contributed by atoms with Crippen LogP contribution in [0.5, 0.6) is 5.75 Å². The van der Waals surface area contributed by atoms with Crippen LogP contribution in [0, 0.1) is 13.8 Å². The summed E-state index contributed by atoms with van der Waals surface area (Å²) < 4.78 is 37.1. The molecule has 1 unspecified atom stereocenters. The number of ether oxygens (including phenoxy) is 1. The summed E-state index contributed by atoms with van der Waals surface area (Å²) >= 11 is 0. The Morgan fingerprint density at radius 2 is 1.86 bits per heavy atom. The highest BCUT2D eigenvalue weighted by Crippen LogP contribution is 2.32. The fourth-order valence-electron chi connectivity index (χ4n) is 5.14. The van der Waals surface area contributed by atoms with Crippen LogP contribution in [-0.4, -0.2) is 39.7 Å². The quantitative estimate of drug-likeness (QED) is 0.155. The minimum atomic E-state index is -4.04. The zero-order valence-electron chi connectivity index (χ0n) is 25.0. The lowest BCUT2D eigenvalue weighted by molar-refractivity contribution is 0.282. The first-order valence-corrected chi connectivity index (χ1v) is 16.1. The molecule has 0 amide bonds. The summed E-state index contributed by atoms with van der Waals surface area (Å²) in [7, 11) is -4.04. The van der Waals surface area contributed by atoms with E-state index in [1.807, 2.05) is 6.92 Å². The summed E-state index contributed by atoms with van der Waals surface area (Å²) in [5.41, 5.74) is 2.62. The number of H-pyrrole nitrogens is 1. The third-order valence-corrected chi connectivity index (χ3v) is 8.87. The Bertz CT molecular complexity index is 1710. The number of aryl methyl sites for hydroxylation is 2. The Hall–Kier alpha value is -3.70. The highest BCUT2D eigenvalue weighted by atomic mass is 32.2. The first-order chi connectivity index (χ1) is 20.1. The zero-order chi connectivity index (χ0) is 30.4. The van der Waals surface area contributed by atoms with Crippen LogP contribution in [-0.2, 0) is 16.6 Å². The number of hydrogen-bond acceptors (Lipinski definition) is 7. The van der Waals surface area contributed by atoms with Crippen LogP contribution < -0.4 is 15.0 Å². The standard InChI is InChI=1S/C31H41N5O5S/c1-6-9-10-11-12-23(7-2)30-32-21(5)28-31(38)33-29(34-36(28)30)25-18-24(15-16-27(25)41-8-3)42(39,40)35-26-17-22(19-37)14-13-20(26)4/h13-18,23,35,37H,6-12,19H2,1-5H3,(H,33,34,38). The van der Waals surface area contributed by atoms with Gasteiger partial charge in [-0.1, -0.05) is 51.7 Å². The van der Waals surface area contributed by atoms with E-state index >= 15 is 0 Å². The Balaban J connectivity index is 1.81. The van der Waals surface area contributed by atoms with E-state index in [-0.39, 0.29) is 28.8 Å². The van der Waals surface area contributed by atoms with Gasteiger partial charge >= 0.3 is 0 Å². The molecular weight excluding hydrogens is 554 g/mol. The molecule has 0 bridgehead atoms. The van der Waals surface area contributed by atoms with Gasteiger partial charge in [0.2, 0.25) is 0 Å². The minimum absolute atomic E-state index is 0.0260. The van der Waals surface area contributed by atoms with E-state index in [1.165, 1.54) is 18.6 Å². The molecule has 0 radical (unpaired) electrons.